The summed E-state index contributed by atoms with van der Waals surface area (Å²) in [4.78, 5) is 14.1. The van der Waals surface area contributed by atoms with Crippen molar-refractivity contribution in [2.24, 2.45) is 0 Å². The van der Waals surface area contributed by atoms with Crippen LogP contribution in [0.4, 0.5) is 5.69 Å². The fourth-order valence-electron chi connectivity index (χ4n) is 1.87. The number of ether oxygens (including phenoxy) is 1. The molecule has 0 unspecified atom stereocenters. The number of aromatic amines is 1. The second kappa shape index (κ2) is 3.44. The lowest BCUT2D eigenvalue weighted by atomic mass is 10.1. The van der Waals surface area contributed by atoms with Crippen LogP contribution in [0, 0.1) is 6.92 Å². The van der Waals surface area contributed by atoms with E-state index in [4.69, 9.17) is 15.6 Å². The average Bonchev–Trinajstić information content (AvgIpc) is 2.56. The van der Waals surface area contributed by atoms with E-state index in [-0.39, 0.29) is 5.56 Å². The Bertz CT molecular complexity index is 572. The molecule has 1 heterocycles. The van der Waals surface area contributed by atoms with Crippen LogP contribution in [-0.4, -0.2) is 23.2 Å². The molecular formula is C11H12N2O3. The van der Waals surface area contributed by atoms with Gasteiger partial charge in [-0.15, -0.1) is 0 Å². The summed E-state index contributed by atoms with van der Waals surface area (Å²) in [5.74, 6) is -0.516. The number of hydrogen-bond acceptors (Lipinski definition) is 3. The van der Waals surface area contributed by atoms with Gasteiger partial charge < -0.3 is 20.6 Å². The van der Waals surface area contributed by atoms with Gasteiger partial charge >= 0.3 is 5.97 Å². The Kier molecular flexibility index (Phi) is 2.23. The zero-order valence-electron chi connectivity index (χ0n) is 9.00. The predicted octanol–water partition coefficient (Wildman–Crippen LogP) is 1.77. The molecule has 1 aromatic heterocycles. The summed E-state index contributed by atoms with van der Waals surface area (Å²) >= 11 is 0. The standard InChI is InChI=1S/C11H12N2O3/c1-5-8(11(14)15)9-6(13-5)3-4-7(16-2)10(9)12/h3-4,13H,12H2,1-2H3,(H,14,15). The molecule has 0 bridgehead atoms. The summed E-state index contributed by atoms with van der Waals surface area (Å²) < 4.78 is 5.07. The fraction of sp³-hybridized carbons (Fsp3) is 0.182. The Morgan fingerprint density at radius 2 is 2.19 bits per heavy atom. The molecule has 0 radical (unpaired) electrons. The highest BCUT2D eigenvalue weighted by molar-refractivity contribution is 6.10. The zero-order chi connectivity index (χ0) is 11.9. The Balaban J connectivity index is 2.89. The van der Waals surface area contributed by atoms with Crippen molar-refractivity contribution < 1.29 is 14.6 Å². The van der Waals surface area contributed by atoms with E-state index >= 15 is 0 Å². The van der Waals surface area contributed by atoms with Gasteiger partial charge in [0, 0.05) is 16.6 Å². The number of H-pyrrole nitrogens is 1. The number of fused-ring (bicyclic) bond motifs is 1. The van der Waals surface area contributed by atoms with Gasteiger partial charge in [-0.05, 0) is 19.1 Å². The second-order valence-corrected chi connectivity index (χ2v) is 3.53. The number of hydrogen-bond donors (Lipinski definition) is 3. The van der Waals surface area contributed by atoms with Gasteiger partial charge in [0.25, 0.3) is 0 Å². The molecule has 0 amide bonds. The number of aromatic nitrogens is 1. The third-order valence-corrected chi connectivity index (χ3v) is 2.59. The molecule has 0 atom stereocenters. The minimum absolute atomic E-state index is 0.200. The smallest absolute Gasteiger partial charge is 0.338 e. The first kappa shape index (κ1) is 10.4. The predicted molar refractivity (Wildman–Crippen MR) is 61.0 cm³/mol. The molecule has 2 aromatic rings. The van der Waals surface area contributed by atoms with Crippen molar-refractivity contribution in [3.63, 3.8) is 0 Å². The van der Waals surface area contributed by atoms with Gasteiger partial charge in [-0.3, -0.25) is 0 Å². The van der Waals surface area contributed by atoms with Crippen LogP contribution in [0.25, 0.3) is 10.9 Å². The van der Waals surface area contributed by atoms with Crippen LogP contribution in [0.2, 0.25) is 0 Å². The first-order valence-corrected chi connectivity index (χ1v) is 4.74. The van der Waals surface area contributed by atoms with Gasteiger partial charge in [0.2, 0.25) is 0 Å². The highest BCUT2D eigenvalue weighted by Crippen LogP contribution is 2.34. The number of nitrogen functional groups attached to an aromatic ring is 1. The number of carboxylic acid groups (broad SMARTS) is 1. The van der Waals surface area contributed by atoms with Crippen molar-refractivity contribution >= 4 is 22.6 Å². The number of nitrogens with one attached hydrogen (secondary N) is 1. The minimum atomic E-state index is -0.997. The van der Waals surface area contributed by atoms with Crippen LogP contribution in [0.3, 0.4) is 0 Å². The molecule has 84 valence electrons. The molecule has 5 nitrogen and oxygen atoms in total. The molecule has 2 rings (SSSR count). The molecule has 4 N–H and O–H groups in total. The number of aromatic carboxylic acids is 1. The second-order valence-electron chi connectivity index (χ2n) is 3.53. The average molecular weight is 220 g/mol. The highest BCUT2D eigenvalue weighted by Gasteiger charge is 2.18. The van der Waals surface area contributed by atoms with Crippen LogP contribution in [-0.2, 0) is 0 Å². The molecule has 0 aliphatic heterocycles. The van der Waals surface area contributed by atoms with Crippen molar-refractivity contribution in [1.82, 2.24) is 4.98 Å². The topological polar surface area (TPSA) is 88.3 Å². The maximum atomic E-state index is 11.1. The van der Waals surface area contributed by atoms with E-state index in [1.807, 2.05) is 0 Å². The molecule has 0 fully saturated rings. The quantitative estimate of drug-likeness (QED) is 0.673. The number of rotatable bonds is 2. The summed E-state index contributed by atoms with van der Waals surface area (Å²) in [6.45, 7) is 1.70. The SMILES string of the molecule is COc1ccc2[nH]c(C)c(C(=O)O)c2c1N. The van der Waals surface area contributed by atoms with Gasteiger partial charge in [-0.25, -0.2) is 4.79 Å². The van der Waals surface area contributed by atoms with E-state index < -0.39 is 5.97 Å². The first-order valence-electron chi connectivity index (χ1n) is 4.74. The van der Waals surface area contributed by atoms with Crippen LogP contribution >= 0.6 is 0 Å². The molecule has 0 aliphatic carbocycles. The van der Waals surface area contributed by atoms with Crippen molar-refractivity contribution in [3.8, 4) is 5.75 Å². The van der Waals surface area contributed by atoms with Gasteiger partial charge in [-0.2, -0.15) is 0 Å². The van der Waals surface area contributed by atoms with Crippen molar-refractivity contribution in [3.05, 3.63) is 23.4 Å². The molecule has 1 aromatic carbocycles. The number of carboxylic acids is 1. The van der Waals surface area contributed by atoms with E-state index in [9.17, 15) is 4.79 Å². The normalized spacial score (nSPS) is 10.6. The van der Waals surface area contributed by atoms with Crippen LogP contribution in [0.1, 0.15) is 16.1 Å². The minimum Gasteiger partial charge on any atom is -0.495 e. The lowest BCUT2D eigenvalue weighted by Crippen LogP contribution is -2.00. The van der Waals surface area contributed by atoms with Crippen LogP contribution in [0.5, 0.6) is 5.75 Å². The first-order chi connectivity index (χ1) is 7.56. The van der Waals surface area contributed by atoms with Crippen molar-refractivity contribution in [1.29, 1.82) is 0 Å². The molecule has 16 heavy (non-hydrogen) atoms. The Morgan fingerprint density at radius 3 is 2.75 bits per heavy atom. The number of nitrogens with two attached hydrogens (primary N) is 1. The monoisotopic (exact) mass is 220 g/mol. The lowest BCUT2D eigenvalue weighted by molar-refractivity contribution is 0.0698. The van der Waals surface area contributed by atoms with Crippen LogP contribution < -0.4 is 10.5 Å². The Morgan fingerprint density at radius 1 is 1.50 bits per heavy atom. The van der Waals surface area contributed by atoms with E-state index in [2.05, 4.69) is 4.98 Å². The molecule has 0 saturated heterocycles. The highest BCUT2D eigenvalue weighted by atomic mass is 16.5. The summed E-state index contributed by atoms with van der Waals surface area (Å²) in [5, 5.41) is 9.63. The maximum absolute atomic E-state index is 11.1. The number of benzene rings is 1. The van der Waals surface area contributed by atoms with Gasteiger partial charge in [0.15, 0.2) is 0 Å². The zero-order valence-corrected chi connectivity index (χ0v) is 9.00. The van der Waals surface area contributed by atoms with Gasteiger partial charge in [0.1, 0.15) is 5.75 Å². The Labute approximate surface area is 91.8 Å². The fourth-order valence-corrected chi connectivity index (χ4v) is 1.87. The lowest BCUT2D eigenvalue weighted by Gasteiger charge is -2.05. The van der Waals surface area contributed by atoms with E-state index in [0.717, 1.165) is 0 Å². The third kappa shape index (κ3) is 1.29. The van der Waals surface area contributed by atoms with E-state index in [1.165, 1.54) is 7.11 Å². The molecule has 5 heteroatoms. The van der Waals surface area contributed by atoms with E-state index in [0.29, 0.717) is 28.0 Å². The summed E-state index contributed by atoms with van der Waals surface area (Å²) in [6, 6.07) is 3.46. The Hall–Kier alpha value is -2.17. The third-order valence-electron chi connectivity index (χ3n) is 2.59. The number of methoxy groups -OCH3 is 1. The van der Waals surface area contributed by atoms with E-state index in [1.54, 1.807) is 19.1 Å². The summed E-state index contributed by atoms with van der Waals surface area (Å²) in [5.41, 5.74) is 7.71. The van der Waals surface area contributed by atoms with Crippen molar-refractivity contribution in [2.75, 3.05) is 12.8 Å². The van der Waals surface area contributed by atoms with Gasteiger partial charge in [0.05, 0.1) is 18.4 Å². The summed E-state index contributed by atoms with van der Waals surface area (Å²) in [6.07, 6.45) is 0. The summed E-state index contributed by atoms with van der Waals surface area (Å²) in [7, 11) is 1.50. The molecule has 0 saturated carbocycles. The van der Waals surface area contributed by atoms with Crippen molar-refractivity contribution in [2.45, 2.75) is 6.92 Å². The van der Waals surface area contributed by atoms with Crippen LogP contribution in [0.15, 0.2) is 12.1 Å². The maximum Gasteiger partial charge on any atom is 0.338 e. The number of aryl methyl sites for hydroxylation is 1. The number of anilines is 1. The molecular weight excluding hydrogens is 208 g/mol. The molecule has 0 spiro atoms. The largest absolute Gasteiger partial charge is 0.495 e. The molecule has 0 aliphatic rings. The van der Waals surface area contributed by atoms with Gasteiger partial charge in [-0.1, -0.05) is 0 Å². The number of carbonyl (C=O) groups is 1.